The summed E-state index contributed by atoms with van der Waals surface area (Å²) in [6.45, 7) is 6.64. The Morgan fingerprint density at radius 2 is 2.22 bits per heavy atom. The SMILES string of the molecule is CCc1nc(N2CCCCC2CC)sc1CNC. The fourth-order valence-electron chi connectivity index (χ4n) is 2.74. The number of thiazole rings is 1. The number of aromatic nitrogens is 1. The number of hydrogen-bond donors (Lipinski definition) is 1. The van der Waals surface area contributed by atoms with E-state index in [9.17, 15) is 0 Å². The molecule has 2 rings (SSSR count). The van der Waals surface area contributed by atoms with E-state index in [0.717, 1.165) is 13.0 Å². The lowest BCUT2D eigenvalue weighted by atomic mass is 10.0. The van der Waals surface area contributed by atoms with Crippen LogP contribution in [0.3, 0.4) is 0 Å². The van der Waals surface area contributed by atoms with E-state index in [1.807, 2.05) is 18.4 Å². The zero-order chi connectivity index (χ0) is 13.0. The second kappa shape index (κ2) is 6.53. The number of anilines is 1. The van der Waals surface area contributed by atoms with Gasteiger partial charge >= 0.3 is 0 Å². The Kier molecular flexibility index (Phi) is 5.01. The van der Waals surface area contributed by atoms with E-state index in [-0.39, 0.29) is 0 Å². The van der Waals surface area contributed by atoms with Crippen molar-refractivity contribution in [1.82, 2.24) is 10.3 Å². The highest BCUT2D eigenvalue weighted by molar-refractivity contribution is 7.15. The normalized spacial score (nSPS) is 20.4. The van der Waals surface area contributed by atoms with Gasteiger partial charge in [-0.05, 0) is 39.2 Å². The quantitative estimate of drug-likeness (QED) is 0.888. The third-order valence-corrected chi connectivity index (χ3v) is 4.92. The van der Waals surface area contributed by atoms with Gasteiger partial charge in [0.1, 0.15) is 0 Å². The van der Waals surface area contributed by atoms with E-state index in [0.29, 0.717) is 6.04 Å². The van der Waals surface area contributed by atoms with E-state index in [1.165, 1.54) is 47.9 Å². The molecule has 0 aliphatic carbocycles. The number of nitrogens with one attached hydrogen (secondary N) is 1. The maximum atomic E-state index is 4.87. The minimum absolute atomic E-state index is 0.706. The van der Waals surface area contributed by atoms with Gasteiger partial charge in [-0.1, -0.05) is 13.8 Å². The number of piperidine rings is 1. The Morgan fingerprint density at radius 3 is 2.89 bits per heavy atom. The molecule has 18 heavy (non-hydrogen) atoms. The van der Waals surface area contributed by atoms with Gasteiger partial charge in [-0.3, -0.25) is 0 Å². The summed E-state index contributed by atoms with van der Waals surface area (Å²) in [5.74, 6) is 0. The molecule has 1 fully saturated rings. The van der Waals surface area contributed by atoms with Gasteiger partial charge in [0.2, 0.25) is 0 Å². The van der Waals surface area contributed by atoms with Crippen LogP contribution in [0.5, 0.6) is 0 Å². The molecule has 0 radical (unpaired) electrons. The smallest absolute Gasteiger partial charge is 0.186 e. The Hall–Kier alpha value is -0.610. The molecule has 0 spiro atoms. The molecule has 0 amide bonds. The van der Waals surface area contributed by atoms with Gasteiger partial charge in [-0.2, -0.15) is 0 Å². The predicted octanol–water partition coefficient (Wildman–Crippen LogP) is 3.19. The molecule has 2 heterocycles. The third-order valence-electron chi connectivity index (χ3n) is 3.78. The van der Waals surface area contributed by atoms with Crippen molar-refractivity contribution in [3.63, 3.8) is 0 Å². The molecule has 1 atom stereocenters. The van der Waals surface area contributed by atoms with Gasteiger partial charge in [-0.25, -0.2) is 4.98 Å². The van der Waals surface area contributed by atoms with Crippen molar-refractivity contribution < 1.29 is 0 Å². The van der Waals surface area contributed by atoms with Crippen LogP contribution in [0.1, 0.15) is 50.1 Å². The van der Waals surface area contributed by atoms with Gasteiger partial charge < -0.3 is 10.2 Å². The summed E-state index contributed by atoms with van der Waals surface area (Å²) in [6.07, 6.45) is 6.31. The van der Waals surface area contributed by atoms with Crippen LogP contribution in [-0.4, -0.2) is 24.6 Å². The first kappa shape index (κ1) is 13.8. The highest BCUT2D eigenvalue weighted by Gasteiger charge is 2.24. The Balaban J connectivity index is 2.20. The zero-order valence-electron chi connectivity index (χ0n) is 11.8. The van der Waals surface area contributed by atoms with Crippen molar-refractivity contribution in [2.75, 3.05) is 18.5 Å². The lowest BCUT2D eigenvalue weighted by Gasteiger charge is -2.35. The summed E-state index contributed by atoms with van der Waals surface area (Å²) < 4.78 is 0. The highest BCUT2D eigenvalue weighted by atomic mass is 32.1. The van der Waals surface area contributed by atoms with Crippen molar-refractivity contribution in [2.24, 2.45) is 0 Å². The van der Waals surface area contributed by atoms with E-state index in [1.54, 1.807) is 0 Å². The van der Waals surface area contributed by atoms with Crippen molar-refractivity contribution in [3.05, 3.63) is 10.6 Å². The average molecular weight is 267 g/mol. The standard InChI is InChI=1S/C14H25N3S/c1-4-11-8-6-7-9-17(11)14-16-12(5-2)13(18-14)10-15-3/h11,15H,4-10H2,1-3H3. The van der Waals surface area contributed by atoms with E-state index in [2.05, 4.69) is 24.1 Å². The van der Waals surface area contributed by atoms with Gasteiger partial charge in [-0.15, -0.1) is 11.3 Å². The summed E-state index contributed by atoms with van der Waals surface area (Å²) in [6, 6.07) is 0.706. The molecule has 4 heteroatoms. The number of rotatable bonds is 5. The summed E-state index contributed by atoms with van der Waals surface area (Å²) in [5.41, 5.74) is 1.28. The van der Waals surface area contributed by atoms with Crippen molar-refractivity contribution in [3.8, 4) is 0 Å². The second-order valence-electron chi connectivity index (χ2n) is 5.00. The minimum atomic E-state index is 0.706. The molecule has 3 nitrogen and oxygen atoms in total. The maximum Gasteiger partial charge on any atom is 0.186 e. The summed E-state index contributed by atoms with van der Waals surface area (Å²) in [5, 5.41) is 4.51. The van der Waals surface area contributed by atoms with Crippen LogP contribution in [0.25, 0.3) is 0 Å². The first-order valence-electron chi connectivity index (χ1n) is 7.19. The lowest BCUT2D eigenvalue weighted by Crippen LogP contribution is -2.39. The highest BCUT2D eigenvalue weighted by Crippen LogP contribution is 2.32. The summed E-state index contributed by atoms with van der Waals surface area (Å²) >= 11 is 1.89. The average Bonchev–Trinajstić information content (AvgIpc) is 2.82. The van der Waals surface area contributed by atoms with Crippen LogP contribution in [0, 0.1) is 0 Å². The topological polar surface area (TPSA) is 28.2 Å². The molecule has 1 N–H and O–H groups in total. The van der Waals surface area contributed by atoms with Crippen molar-refractivity contribution >= 4 is 16.5 Å². The lowest BCUT2D eigenvalue weighted by molar-refractivity contribution is 0.449. The molecular formula is C14H25N3S. The molecule has 1 saturated heterocycles. The first-order valence-corrected chi connectivity index (χ1v) is 8.01. The predicted molar refractivity (Wildman–Crippen MR) is 79.5 cm³/mol. The molecule has 1 aromatic heterocycles. The summed E-state index contributed by atoms with van der Waals surface area (Å²) in [7, 11) is 2.01. The van der Waals surface area contributed by atoms with Gasteiger partial charge in [0.05, 0.1) is 5.69 Å². The van der Waals surface area contributed by atoms with Crippen molar-refractivity contribution in [2.45, 2.75) is 58.5 Å². The van der Waals surface area contributed by atoms with Crippen LogP contribution in [0.4, 0.5) is 5.13 Å². The molecule has 102 valence electrons. The monoisotopic (exact) mass is 267 g/mol. The molecule has 0 saturated carbocycles. The molecule has 0 aromatic carbocycles. The minimum Gasteiger partial charge on any atom is -0.345 e. The van der Waals surface area contributed by atoms with Crippen LogP contribution >= 0.6 is 11.3 Å². The van der Waals surface area contributed by atoms with E-state index < -0.39 is 0 Å². The van der Waals surface area contributed by atoms with Crippen LogP contribution < -0.4 is 10.2 Å². The van der Waals surface area contributed by atoms with Crippen LogP contribution in [-0.2, 0) is 13.0 Å². The first-order chi connectivity index (χ1) is 8.80. The van der Waals surface area contributed by atoms with Gasteiger partial charge in [0, 0.05) is 24.0 Å². The Morgan fingerprint density at radius 1 is 1.39 bits per heavy atom. The summed E-state index contributed by atoms with van der Waals surface area (Å²) in [4.78, 5) is 8.83. The van der Waals surface area contributed by atoms with E-state index >= 15 is 0 Å². The zero-order valence-corrected chi connectivity index (χ0v) is 12.6. The number of hydrogen-bond acceptors (Lipinski definition) is 4. The Labute approximate surface area is 115 Å². The maximum absolute atomic E-state index is 4.87. The number of aryl methyl sites for hydroxylation is 1. The van der Waals surface area contributed by atoms with Crippen LogP contribution in [0.2, 0.25) is 0 Å². The third kappa shape index (κ3) is 2.86. The molecule has 1 aromatic rings. The molecule has 1 aliphatic rings. The van der Waals surface area contributed by atoms with E-state index in [4.69, 9.17) is 4.98 Å². The van der Waals surface area contributed by atoms with Crippen LogP contribution in [0.15, 0.2) is 0 Å². The second-order valence-corrected chi connectivity index (χ2v) is 6.06. The molecule has 1 aliphatic heterocycles. The molecular weight excluding hydrogens is 242 g/mol. The fourth-order valence-corrected chi connectivity index (χ4v) is 4.00. The van der Waals surface area contributed by atoms with Crippen molar-refractivity contribution in [1.29, 1.82) is 0 Å². The van der Waals surface area contributed by atoms with Gasteiger partial charge in [0.25, 0.3) is 0 Å². The van der Waals surface area contributed by atoms with Gasteiger partial charge in [0.15, 0.2) is 5.13 Å². The largest absolute Gasteiger partial charge is 0.345 e. The molecule has 0 bridgehead atoms. The Bertz CT molecular complexity index is 375. The number of nitrogens with zero attached hydrogens (tertiary/aromatic N) is 2. The fraction of sp³-hybridized carbons (Fsp3) is 0.786. The molecule has 1 unspecified atom stereocenters.